The molecule has 0 saturated carbocycles. The van der Waals surface area contributed by atoms with E-state index in [1.165, 1.54) is 12.8 Å². The molecular weight excluding hydrogens is 395 g/mol. The molecule has 0 aromatic carbocycles. The third-order valence-corrected chi connectivity index (χ3v) is 5.33. The molecule has 0 spiro atoms. The maximum atomic E-state index is 14.0. The summed E-state index contributed by atoms with van der Waals surface area (Å²) in [5, 5.41) is 2.84. The summed E-state index contributed by atoms with van der Waals surface area (Å²) >= 11 is 9.16. The lowest BCUT2D eigenvalue weighted by Gasteiger charge is -2.32. The van der Waals surface area contributed by atoms with Gasteiger partial charge in [-0.3, -0.25) is 0 Å². The van der Waals surface area contributed by atoms with Crippen molar-refractivity contribution in [2.45, 2.75) is 72.4 Å². The highest BCUT2D eigenvalue weighted by atomic mass is 79.9. The minimum absolute atomic E-state index is 0.0235. The Bertz CT molecular complexity index is 536. The van der Waals surface area contributed by atoms with Gasteiger partial charge < -0.3 is 10.1 Å². The number of pyridine rings is 1. The lowest BCUT2D eigenvalue weighted by atomic mass is 9.77. The molecule has 1 aromatic rings. The molecule has 1 aromatic heterocycles. The second kappa shape index (κ2) is 9.93. The van der Waals surface area contributed by atoms with Gasteiger partial charge in [0.1, 0.15) is 0 Å². The normalized spacial score (nSPS) is 13.2. The molecule has 0 aliphatic rings. The average Bonchev–Trinajstić information content (AvgIpc) is 2.49. The summed E-state index contributed by atoms with van der Waals surface area (Å²) in [6, 6.07) is 0. The van der Waals surface area contributed by atoms with Crippen LogP contribution in [0.2, 0.25) is 5.15 Å². The maximum Gasteiger partial charge on any atom is 0.220 e. The zero-order valence-corrected chi connectivity index (χ0v) is 17.7. The van der Waals surface area contributed by atoms with Gasteiger partial charge >= 0.3 is 0 Å². The van der Waals surface area contributed by atoms with Crippen molar-refractivity contribution in [3.63, 3.8) is 0 Å². The van der Waals surface area contributed by atoms with E-state index in [1.54, 1.807) is 7.05 Å². The molecule has 6 heteroatoms. The molecule has 0 aliphatic heterocycles. The number of aromatic nitrogens is 1. The van der Waals surface area contributed by atoms with Gasteiger partial charge in [0, 0.05) is 12.1 Å². The van der Waals surface area contributed by atoms with E-state index in [0.717, 1.165) is 19.3 Å². The van der Waals surface area contributed by atoms with Gasteiger partial charge in [0.05, 0.1) is 10.6 Å². The summed E-state index contributed by atoms with van der Waals surface area (Å²) in [6.07, 6.45) is 5.55. The van der Waals surface area contributed by atoms with Gasteiger partial charge in [-0.15, -0.1) is 0 Å². The number of hydrogen-bond donors (Lipinski definition) is 1. The Morgan fingerprint density at radius 2 is 1.92 bits per heavy atom. The van der Waals surface area contributed by atoms with E-state index in [9.17, 15) is 4.39 Å². The highest BCUT2D eigenvalue weighted by Crippen LogP contribution is 2.37. The fourth-order valence-corrected chi connectivity index (χ4v) is 4.20. The molecular formula is C18H29BrClFN2O. The zero-order chi connectivity index (χ0) is 18.3. The van der Waals surface area contributed by atoms with Gasteiger partial charge in [0.2, 0.25) is 5.88 Å². The summed E-state index contributed by atoms with van der Waals surface area (Å²) in [5.41, 5.74) is 0.895. The largest absolute Gasteiger partial charge is 0.474 e. The summed E-state index contributed by atoms with van der Waals surface area (Å²) in [6.45, 7) is 9.23. The molecule has 138 valence electrons. The van der Waals surface area contributed by atoms with Gasteiger partial charge in [-0.2, -0.15) is 4.98 Å². The SMILES string of the molecule is CCCC(C)(CCC)CC(C)Oc1nc(Cl)c(F)c(Br)c1CNC. The second-order valence-corrected chi connectivity index (χ2v) is 7.94. The van der Waals surface area contributed by atoms with E-state index in [2.05, 4.69) is 47.0 Å². The number of nitrogens with one attached hydrogen (secondary N) is 1. The first-order valence-electron chi connectivity index (χ1n) is 8.62. The van der Waals surface area contributed by atoms with Gasteiger partial charge in [-0.25, -0.2) is 4.39 Å². The second-order valence-electron chi connectivity index (χ2n) is 6.79. The lowest BCUT2D eigenvalue weighted by molar-refractivity contribution is 0.119. The third-order valence-electron chi connectivity index (χ3n) is 4.25. The summed E-state index contributed by atoms with van der Waals surface area (Å²) in [7, 11) is 1.80. The molecule has 1 N–H and O–H groups in total. The Kier molecular flexibility index (Phi) is 8.96. The van der Waals surface area contributed by atoms with Crippen LogP contribution in [-0.2, 0) is 6.54 Å². The molecule has 0 saturated heterocycles. The number of hydrogen-bond acceptors (Lipinski definition) is 3. The molecule has 0 fully saturated rings. The maximum absolute atomic E-state index is 14.0. The minimum atomic E-state index is -0.552. The van der Waals surface area contributed by atoms with Crippen molar-refractivity contribution in [2.24, 2.45) is 5.41 Å². The van der Waals surface area contributed by atoms with Crippen molar-refractivity contribution in [1.29, 1.82) is 0 Å². The highest BCUT2D eigenvalue weighted by molar-refractivity contribution is 9.10. The Labute approximate surface area is 158 Å². The van der Waals surface area contributed by atoms with Crippen LogP contribution >= 0.6 is 27.5 Å². The molecule has 0 bridgehead atoms. The molecule has 1 unspecified atom stereocenters. The van der Waals surface area contributed by atoms with E-state index in [0.29, 0.717) is 22.5 Å². The quantitative estimate of drug-likeness (QED) is 0.460. The lowest BCUT2D eigenvalue weighted by Crippen LogP contribution is -2.26. The predicted octanol–water partition coefficient (Wildman–Crippen LogP) is 6.12. The average molecular weight is 424 g/mol. The standard InChI is InChI=1S/C18H29BrClFN2O/c1-6-8-18(4,9-7-2)10-12(3)24-17-13(11-22-5)14(19)15(21)16(20)23-17/h12,22H,6-11H2,1-5H3. The third kappa shape index (κ3) is 5.85. The zero-order valence-electron chi connectivity index (χ0n) is 15.3. The Hall–Kier alpha value is -0.390. The molecule has 0 radical (unpaired) electrons. The first-order valence-corrected chi connectivity index (χ1v) is 9.79. The van der Waals surface area contributed by atoms with Crippen LogP contribution in [0.1, 0.15) is 65.4 Å². The Morgan fingerprint density at radius 3 is 2.42 bits per heavy atom. The van der Waals surface area contributed by atoms with Gasteiger partial charge in [0.15, 0.2) is 11.0 Å². The fourth-order valence-electron chi connectivity index (χ4n) is 3.41. The van der Waals surface area contributed by atoms with Crippen LogP contribution in [0.3, 0.4) is 0 Å². The Morgan fingerprint density at radius 1 is 1.33 bits per heavy atom. The van der Waals surface area contributed by atoms with Crippen molar-refractivity contribution in [3.05, 3.63) is 21.0 Å². The topological polar surface area (TPSA) is 34.1 Å². The first-order chi connectivity index (χ1) is 11.3. The van der Waals surface area contributed by atoms with Crippen molar-refractivity contribution < 1.29 is 9.13 Å². The van der Waals surface area contributed by atoms with Crippen molar-refractivity contribution in [1.82, 2.24) is 10.3 Å². The molecule has 1 rings (SSSR count). The van der Waals surface area contributed by atoms with E-state index in [4.69, 9.17) is 16.3 Å². The van der Waals surface area contributed by atoms with Crippen LogP contribution in [0.5, 0.6) is 5.88 Å². The van der Waals surface area contributed by atoms with E-state index >= 15 is 0 Å². The highest BCUT2D eigenvalue weighted by Gasteiger charge is 2.27. The van der Waals surface area contributed by atoms with Gasteiger partial charge in [0.25, 0.3) is 0 Å². The van der Waals surface area contributed by atoms with Gasteiger partial charge in [-0.05, 0) is 54.6 Å². The molecule has 3 nitrogen and oxygen atoms in total. The molecule has 1 atom stereocenters. The number of nitrogens with zero attached hydrogens (tertiary/aromatic N) is 1. The molecule has 0 aliphatic carbocycles. The Balaban J connectivity index is 2.98. The van der Waals surface area contributed by atoms with Crippen LogP contribution < -0.4 is 10.1 Å². The van der Waals surface area contributed by atoms with Crippen LogP contribution in [-0.4, -0.2) is 18.1 Å². The predicted molar refractivity (Wildman–Crippen MR) is 102 cm³/mol. The minimum Gasteiger partial charge on any atom is -0.474 e. The number of halogens is 3. The monoisotopic (exact) mass is 422 g/mol. The smallest absolute Gasteiger partial charge is 0.220 e. The molecule has 0 amide bonds. The van der Waals surface area contributed by atoms with E-state index < -0.39 is 5.82 Å². The first kappa shape index (κ1) is 21.7. The summed E-state index contributed by atoms with van der Waals surface area (Å²) in [5.74, 6) is -0.158. The van der Waals surface area contributed by atoms with Crippen molar-refractivity contribution in [2.75, 3.05) is 7.05 Å². The van der Waals surface area contributed by atoms with Crippen LogP contribution in [0.4, 0.5) is 4.39 Å². The summed E-state index contributed by atoms with van der Waals surface area (Å²) < 4.78 is 20.4. The molecule has 1 heterocycles. The van der Waals surface area contributed by atoms with E-state index in [1.807, 2.05) is 6.92 Å². The van der Waals surface area contributed by atoms with Crippen LogP contribution in [0, 0.1) is 11.2 Å². The molecule has 24 heavy (non-hydrogen) atoms. The van der Waals surface area contributed by atoms with Crippen molar-refractivity contribution in [3.8, 4) is 5.88 Å². The number of rotatable bonds is 10. The number of ether oxygens (including phenoxy) is 1. The van der Waals surface area contributed by atoms with Crippen LogP contribution in [0.25, 0.3) is 0 Å². The van der Waals surface area contributed by atoms with Gasteiger partial charge in [-0.1, -0.05) is 45.2 Å². The van der Waals surface area contributed by atoms with Crippen molar-refractivity contribution >= 4 is 27.5 Å². The van der Waals surface area contributed by atoms with E-state index in [-0.39, 0.29) is 16.7 Å². The fraction of sp³-hybridized carbons (Fsp3) is 0.722. The summed E-state index contributed by atoms with van der Waals surface area (Å²) in [4.78, 5) is 4.11. The van der Waals surface area contributed by atoms with Crippen LogP contribution in [0.15, 0.2) is 4.47 Å².